The van der Waals surface area contributed by atoms with Crippen LogP contribution in [0.3, 0.4) is 0 Å². The van der Waals surface area contributed by atoms with Gasteiger partial charge in [0.25, 0.3) is 0 Å². The minimum atomic E-state index is 0.494. The number of rotatable bonds is 7. The minimum absolute atomic E-state index is 0.494. The Morgan fingerprint density at radius 2 is 2.00 bits per heavy atom. The van der Waals surface area contributed by atoms with Crippen LogP contribution in [-0.4, -0.2) is 23.5 Å². The lowest BCUT2D eigenvalue weighted by molar-refractivity contribution is 0.155. The maximum absolute atomic E-state index is 5.91. The summed E-state index contributed by atoms with van der Waals surface area (Å²) in [6.07, 6.45) is 6.95. The number of hydrogen-bond donors (Lipinski definition) is 1. The maximum Gasteiger partial charge on any atom is 0.118 e. The first-order valence-corrected chi connectivity index (χ1v) is 8.65. The molecule has 0 radical (unpaired) electrons. The predicted molar refractivity (Wildman–Crippen MR) is 88.4 cm³/mol. The molecule has 0 saturated heterocycles. The Hall–Kier alpha value is -0.800. The molecule has 0 unspecified atom stereocenters. The Bertz CT molecular complexity index is 419. The fraction of sp³-hybridized carbons (Fsp3) is 0.778. The van der Waals surface area contributed by atoms with Crippen LogP contribution in [-0.2, 0) is 13.1 Å². The second-order valence-corrected chi connectivity index (χ2v) is 6.68. The predicted octanol–water partition coefficient (Wildman–Crippen LogP) is 4.24. The summed E-state index contributed by atoms with van der Waals surface area (Å²) in [6, 6.07) is 3.51. The lowest BCUT2D eigenvalue weighted by Crippen LogP contribution is -2.36. The Labute approximate surface area is 130 Å². The van der Waals surface area contributed by atoms with Gasteiger partial charge in [-0.1, -0.05) is 40.0 Å². The highest BCUT2D eigenvalue weighted by Crippen LogP contribution is 2.25. The smallest absolute Gasteiger partial charge is 0.118 e. The van der Waals surface area contributed by atoms with E-state index in [1.807, 2.05) is 0 Å². The molecule has 0 spiro atoms. The van der Waals surface area contributed by atoms with Crippen molar-refractivity contribution in [2.45, 2.75) is 85.0 Å². The molecule has 0 aromatic carbocycles. The van der Waals surface area contributed by atoms with Crippen LogP contribution in [0.4, 0.5) is 0 Å². The third-order valence-electron chi connectivity index (χ3n) is 4.63. The van der Waals surface area contributed by atoms with Crippen LogP contribution in [0.25, 0.3) is 0 Å². The molecule has 0 atom stereocenters. The molecule has 1 aromatic rings. The summed E-state index contributed by atoms with van der Waals surface area (Å²) in [5.41, 5.74) is 1.36. The Balaban J connectivity index is 1.96. The van der Waals surface area contributed by atoms with Crippen LogP contribution in [0.15, 0.2) is 10.5 Å². The van der Waals surface area contributed by atoms with Gasteiger partial charge in [-0.05, 0) is 32.4 Å². The monoisotopic (exact) mass is 292 g/mol. The molecular formula is C18H32N2O. The van der Waals surface area contributed by atoms with Crippen molar-refractivity contribution in [3.05, 3.63) is 23.2 Å². The zero-order chi connectivity index (χ0) is 15.2. The topological polar surface area (TPSA) is 28.4 Å². The third-order valence-corrected chi connectivity index (χ3v) is 4.63. The van der Waals surface area contributed by atoms with Crippen molar-refractivity contribution in [2.75, 3.05) is 6.54 Å². The lowest BCUT2D eigenvalue weighted by atomic mass is 9.94. The van der Waals surface area contributed by atoms with Crippen molar-refractivity contribution >= 4 is 0 Å². The van der Waals surface area contributed by atoms with Gasteiger partial charge in [0, 0.05) is 24.2 Å². The van der Waals surface area contributed by atoms with E-state index >= 15 is 0 Å². The van der Waals surface area contributed by atoms with Crippen molar-refractivity contribution in [3.8, 4) is 0 Å². The van der Waals surface area contributed by atoms with Crippen LogP contribution in [0.2, 0.25) is 0 Å². The van der Waals surface area contributed by atoms with Crippen molar-refractivity contribution in [1.29, 1.82) is 0 Å². The van der Waals surface area contributed by atoms with Gasteiger partial charge in [0.15, 0.2) is 0 Å². The summed E-state index contributed by atoms with van der Waals surface area (Å²) in [5, 5.41) is 3.43. The van der Waals surface area contributed by atoms with E-state index in [-0.39, 0.29) is 0 Å². The summed E-state index contributed by atoms with van der Waals surface area (Å²) < 4.78 is 5.91. The van der Waals surface area contributed by atoms with E-state index in [1.54, 1.807) is 0 Å². The highest BCUT2D eigenvalue weighted by atomic mass is 16.3. The summed E-state index contributed by atoms with van der Waals surface area (Å²) in [5.74, 6) is 2.15. The zero-order valence-corrected chi connectivity index (χ0v) is 14.2. The molecule has 120 valence electrons. The fourth-order valence-corrected chi connectivity index (χ4v) is 3.30. The normalized spacial score (nSPS) is 17.0. The molecule has 2 rings (SSSR count). The average Bonchev–Trinajstić information content (AvgIpc) is 2.83. The molecule has 0 amide bonds. The van der Waals surface area contributed by atoms with Crippen LogP contribution in [0, 0.1) is 6.92 Å². The first kappa shape index (κ1) is 16.6. The highest BCUT2D eigenvalue weighted by Gasteiger charge is 2.21. The average molecular weight is 292 g/mol. The third kappa shape index (κ3) is 4.86. The van der Waals surface area contributed by atoms with E-state index in [4.69, 9.17) is 4.42 Å². The fourth-order valence-electron chi connectivity index (χ4n) is 3.30. The molecule has 0 aliphatic heterocycles. The van der Waals surface area contributed by atoms with Crippen molar-refractivity contribution in [1.82, 2.24) is 10.2 Å². The second kappa shape index (κ2) is 8.00. The maximum atomic E-state index is 5.91. The van der Waals surface area contributed by atoms with E-state index in [0.717, 1.165) is 37.2 Å². The molecule has 1 saturated carbocycles. The summed E-state index contributed by atoms with van der Waals surface area (Å²) in [7, 11) is 0. The molecule has 1 N–H and O–H groups in total. The number of nitrogens with zero attached hydrogens (tertiary/aromatic N) is 1. The molecule has 1 heterocycles. The number of aryl methyl sites for hydroxylation is 1. The highest BCUT2D eigenvalue weighted by molar-refractivity contribution is 5.21. The molecular weight excluding hydrogens is 260 g/mol. The van der Waals surface area contributed by atoms with Gasteiger partial charge in [0.1, 0.15) is 11.5 Å². The van der Waals surface area contributed by atoms with Crippen molar-refractivity contribution in [2.24, 2.45) is 0 Å². The van der Waals surface area contributed by atoms with Crippen molar-refractivity contribution < 1.29 is 4.42 Å². The Morgan fingerprint density at radius 1 is 1.29 bits per heavy atom. The van der Waals surface area contributed by atoms with Gasteiger partial charge >= 0.3 is 0 Å². The van der Waals surface area contributed by atoms with E-state index < -0.39 is 0 Å². The van der Waals surface area contributed by atoms with Crippen molar-refractivity contribution in [3.63, 3.8) is 0 Å². The second-order valence-electron chi connectivity index (χ2n) is 6.68. The van der Waals surface area contributed by atoms with Gasteiger partial charge in [-0.25, -0.2) is 0 Å². The standard InChI is InChI=1S/C18H32N2O/c1-5-20(17-9-7-6-8-10-17)13-16-11-18(21-15(16)4)12-19-14(2)3/h11,14,17,19H,5-10,12-13H2,1-4H3. The molecule has 1 fully saturated rings. The van der Waals surface area contributed by atoms with E-state index in [9.17, 15) is 0 Å². The molecule has 1 aliphatic carbocycles. The number of furan rings is 1. The molecule has 0 bridgehead atoms. The molecule has 1 aliphatic rings. The van der Waals surface area contributed by atoms with Gasteiger partial charge in [-0.3, -0.25) is 4.90 Å². The first-order chi connectivity index (χ1) is 10.1. The first-order valence-electron chi connectivity index (χ1n) is 8.65. The van der Waals surface area contributed by atoms with Crippen LogP contribution in [0.1, 0.15) is 70.0 Å². The van der Waals surface area contributed by atoms with E-state index in [0.29, 0.717) is 6.04 Å². The summed E-state index contributed by atoms with van der Waals surface area (Å²) in [6.45, 7) is 11.7. The number of nitrogens with one attached hydrogen (secondary N) is 1. The van der Waals surface area contributed by atoms with Gasteiger partial charge in [0.2, 0.25) is 0 Å². The van der Waals surface area contributed by atoms with Gasteiger partial charge < -0.3 is 9.73 Å². The molecule has 1 aromatic heterocycles. The quantitative estimate of drug-likeness (QED) is 0.815. The molecule has 3 nitrogen and oxygen atoms in total. The van der Waals surface area contributed by atoms with E-state index in [1.165, 1.54) is 37.7 Å². The lowest BCUT2D eigenvalue weighted by Gasteiger charge is -2.33. The minimum Gasteiger partial charge on any atom is -0.465 e. The number of hydrogen-bond acceptors (Lipinski definition) is 3. The Kier molecular flexibility index (Phi) is 6.31. The Morgan fingerprint density at radius 3 is 2.62 bits per heavy atom. The van der Waals surface area contributed by atoms with Crippen LogP contribution in [0.5, 0.6) is 0 Å². The van der Waals surface area contributed by atoms with Gasteiger partial charge in [-0.2, -0.15) is 0 Å². The summed E-state index contributed by atoms with van der Waals surface area (Å²) in [4.78, 5) is 2.64. The van der Waals surface area contributed by atoms with Gasteiger partial charge in [-0.15, -0.1) is 0 Å². The van der Waals surface area contributed by atoms with Crippen LogP contribution < -0.4 is 5.32 Å². The van der Waals surface area contributed by atoms with E-state index in [2.05, 4.69) is 44.0 Å². The van der Waals surface area contributed by atoms with Crippen LogP contribution >= 0.6 is 0 Å². The SMILES string of the molecule is CCN(Cc1cc(CNC(C)C)oc1C)C1CCCCC1. The molecule has 21 heavy (non-hydrogen) atoms. The molecule has 3 heteroatoms. The zero-order valence-electron chi connectivity index (χ0n) is 14.2. The van der Waals surface area contributed by atoms with Gasteiger partial charge in [0.05, 0.1) is 6.54 Å². The summed E-state index contributed by atoms with van der Waals surface area (Å²) >= 11 is 0. The largest absolute Gasteiger partial charge is 0.465 e.